The molecule has 1 heterocycles. The second-order valence-corrected chi connectivity index (χ2v) is 6.78. The maximum atomic E-state index is 5.98. The highest BCUT2D eigenvalue weighted by molar-refractivity contribution is 6.08. The summed E-state index contributed by atoms with van der Waals surface area (Å²) in [5, 5.41) is 2.55. The minimum absolute atomic E-state index is 0.700. The fourth-order valence-electron chi connectivity index (χ4n) is 3.57. The van der Waals surface area contributed by atoms with Crippen molar-refractivity contribution >= 4 is 21.8 Å². The summed E-state index contributed by atoms with van der Waals surface area (Å²) < 4.78 is 8.36. The van der Waals surface area contributed by atoms with Crippen molar-refractivity contribution in [3.8, 4) is 18.1 Å². The van der Waals surface area contributed by atoms with Gasteiger partial charge in [0.2, 0.25) is 0 Å². The highest BCUT2D eigenvalue weighted by atomic mass is 16.5. The highest BCUT2D eigenvalue weighted by Crippen LogP contribution is 2.32. The quantitative estimate of drug-likeness (QED) is 0.292. The molecule has 4 rings (SSSR count). The van der Waals surface area contributed by atoms with E-state index in [1.165, 1.54) is 27.4 Å². The number of rotatable bonds is 7. The fourth-order valence-corrected chi connectivity index (χ4v) is 3.57. The van der Waals surface area contributed by atoms with E-state index in [2.05, 4.69) is 83.3 Å². The summed E-state index contributed by atoms with van der Waals surface area (Å²) in [7, 11) is 0. The monoisotopic (exact) mass is 353 g/mol. The first-order valence-electron chi connectivity index (χ1n) is 9.48. The molecule has 0 bridgehead atoms. The molecule has 27 heavy (non-hydrogen) atoms. The number of aromatic nitrogens is 1. The topological polar surface area (TPSA) is 14.2 Å². The molecule has 2 nitrogen and oxygen atoms in total. The molecule has 2 heteroatoms. The summed E-state index contributed by atoms with van der Waals surface area (Å²) in [6, 6.07) is 25.6. The van der Waals surface area contributed by atoms with Crippen molar-refractivity contribution in [3.63, 3.8) is 0 Å². The van der Waals surface area contributed by atoms with Gasteiger partial charge in [-0.1, -0.05) is 48.5 Å². The van der Waals surface area contributed by atoms with E-state index in [1.54, 1.807) is 0 Å². The van der Waals surface area contributed by atoms with Gasteiger partial charge in [-0.15, -0.1) is 12.3 Å². The fraction of sp³-hybridized carbons (Fsp3) is 0.200. The first kappa shape index (κ1) is 17.2. The minimum Gasteiger partial charge on any atom is -0.494 e. The van der Waals surface area contributed by atoms with Gasteiger partial charge >= 0.3 is 0 Å². The van der Waals surface area contributed by atoms with E-state index in [1.807, 2.05) is 0 Å². The summed E-state index contributed by atoms with van der Waals surface area (Å²) in [5.74, 6) is 3.59. The average molecular weight is 353 g/mol. The molecule has 0 spiro atoms. The first-order valence-corrected chi connectivity index (χ1v) is 9.48. The van der Waals surface area contributed by atoms with Crippen LogP contribution in [0, 0.1) is 12.3 Å². The van der Waals surface area contributed by atoms with Gasteiger partial charge in [0.15, 0.2) is 0 Å². The maximum absolute atomic E-state index is 5.98. The Balaban J connectivity index is 1.69. The summed E-state index contributed by atoms with van der Waals surface area (Å²) >= 11 is 0. The predicted molar refractivity (Wildman–Crippen MR) is 113 cm³/mol. The second-order valence-electron chi connectivity index (χ2n) is 6.78. The Hall–Kier alpha value is -3.18. The van der Waals surface area contributed by atoms with Crippen molar-refractivity contribution in [2.24, 2.45) is 0 Å². The number of unbranched alkanes of at least 4 members (excludes halogenated alkanes) is 2. The van der Waals surface area contributed by atoms with Gasteiger partial charge < -0.3 is 9.30 Å². The van der Waals surface area contributed by atoms with Gasteiger partial charge in [0, 0.05) is 35.3 Å². The lowest BCUT2D eigenvalue weighted by Crippen LogP contribution is -2.00. The van der Waals surface area contributed by atoms with Crippen molar-refractivity contribution in [3.05, 3.63) is 78.4 Å². The first-order chi connectivity index (χ1) is 13.4. The number of para-hydroxylation sites is 1. The van der Waals surface area contributed by atoms with Crippen molar-refractivity contribution in [2.45, 2.75) is 25.8 Å². The SMILES string of the molecule is C#CCCCCOc1ccc2c3ccccc3n(Cc3ccccc3)c2c1. The molecule has 0 aliphatic rings. The van der Waals surface area contributed by atoms with Crippen LogP contribution in [0.3, 0.4) is 0 Å². The molecule has 0 atom stereocenters. The van der Waals surface area contributed by atoms with Crippen molar-refractivity contribution < 1.29 is 4.74 Å². The molecular weight excluding hydrogens is 330 g/mol. The lowest BCUT2D eigenvalue weighted by molar-refractivity contribution is 0.308. The Kier molecular flexibility index (Phi) is 5.12. The molecule has 0 unspecified atom stereocenters. The summed E-state index contributed by atoms with van der Waals surface area (Å²) in [6.07, 6.45) is 8.11. The van der Waals surface area contributed by atoms with Gasteiger partial charge in [-0.3, -0.25) is 0 Å². The van der Waals surface area contributed by atoms with Gasteiger partial charge in [-0.2, -0.15) is 0 Å². The predicted octanol–water partition coefficient (Wildman–Crippen LogP) is 6.03. The van der Waals surface area contributed by atoms with Crippen LogP contribution in [0.25, 0.3) is 21.8 Å². The number of terminal acetylenes is 1. The molecule has 3 aromatic carbocycles. The van der Waals surface area contributed by atoms with Crippen molar-refractivity contribution in [1.29, 1.82) is 0 Å². The smallest absolute Gasteiger partial charge is 0.121 e. The minimum atomic E-state index is 0.700. The third-order valence-corrected chi connectivity index (χ3v) is 4.91. The lowest BCUT2D eigenvalue weighted by atomic mass is 10.1. The maximum Gasteiger partial charge on any atom is 0.121 e. The number of ether oxygens (including phenoxy) is 1. The largest absolute Gasteiger partial charge is 0.494 e. The van der Waals surface area contributed by atoms with Gasteiger partial charge in [-0.25, -0.2) is 0 Å². The van der Waals surface area contributed by atoms with E-state index < -0.39 is 0 Å². The van der Waals surface area contributed by atoms with E-state index >= 15 is 0 Å². The van der Waals surface area contributed by atoms with E-state index in [0.29, 0.717) is 6.61 Å². The Labute approximate surface area is 160 Å². The van der Waals surface area contributed by atoms with Crippen LogP contribution in [-0.2, 0) is 6.54 Å². The summed E-state index contributed by atoms with van der Waals surface area (Å²) in [6.45, 7) is 1.54. The number of hydrogen-bond donors (Lipinski definition) is 0. The third kappa shape index (κ3) is 3.68. The molecule has 0 N–H and O–H groups in total. The molecule has 134 valence electrons. The van der Waals surface area contributed by atoms with E-state index in [0.717, 1.165) is 31.6 Å². The van der Waals surface area contributed by atoms with Crippen LogP contribution in [0.4, 0.5) is 0 Å². The van der Waals surface area contributed by atoms with Crippen LogP contribution < -0.4 is 4.74 Å². The molecule has 0 saturated heterocycles. The number of fused-ring (bicyclic) bond motifs is 3. The zero-order valence-corrected chi connectivity index (χ0v) is 15.4. The average Bonchev–Trinajstić information content (AvgIpc) is 3.02. The van der Waals surface area contributed by atoms with Crippen LogP contribution in [0.2, 0.25) is 0 Å². The van der Waals surface area contributed by atoms with Crippen LogP contribution in [0.15, 0.2) is 72.8 Å². The third-order valence-electron chi connectivity index (χ3n) is 4.91. The van der Waals surface area contributed by atoms with Crippen molar-refractivity contribution in [1.82, 2.24) is 4.57 Å². The molecule has 0 aliphatic heterocycles. The molecule has 4 aromatic rings. The zero-order valence-electron chi connectivity index (χ0n) is 15.4. The molecule has 0 radical (unpaired) electrons. The molecule has 0 amide bonds. The normalized spacial score (nSPS) is 10.9. The van der Waals surface area contributed by atoms with Crippen LogP contribution in [-0.4, -0.2) is 11.2 Å². The Bertz CT molecular complexity index is 1090. The zero-order chi connectivity index (χ0) is 18.5. The summed E-state index contributed by atoms with van der Waals surface area (Å²) in [5.41, 5.74) is 3.75. The van der Waals surface area contributed by atoms with Crippen molar-refractivity contribution in [2.75, 3.05) is 6.61 Å². The van der Waals surface area contributed by atoms with Crippen LogP contribution in [0.1, 0.15) is 24.8 Å². The van der Waals surface area contributed by atoms with Gasteiger partial charge in [-0.05, 0) is 36.6 Å². The van der Waals surface area contributed by atoms with Gasteiger partial charge in [0.1, 0.15) is 5.75 Å². The highest BCUT2D eigenvalue weighted by Gasteiger charge is 2.11. The van der Waals surface area contributed by atoms with Gasteiger partial charge in [0.25, 0.3) is 0 Å². The van der Waals surface area contributed by atoms with E-state index in [9.17, 15) is 0 Å². The molecule has 0 fully saturated rings. The summed E-state index contributed by atoms with van der Waals surface area (Å²) in [4.78, 5) is 0. The standard InChI is InChI=1S/C25H23NO/c1-2-3-4-10-17-27-21-15-16-23-22-13-8-9-14-24(22)26(25(23)18-21)19-20-11-6-5-7-12-20/h1,5-9,11-16,18H,3-4,10,17,19H2. The Morgan fingerprint density at radius 1 is 0.815 bits per heavy atom. The number of hydrogen-bond acceptors (Lipinski definition) is 1. The number of benzene rings is 3. The molecular formula is C25H23NO. The Morgan fingerprint density at radius 3 is 2.44 bits per heavy atom. The van der Waals surface area contributed by atoms with E-state index in [4.69, 9.17) is 11.2 Å². The van der Waals surface area contributed by atoms with Crippen LogP contribution in [0.5, 0.6) is 5.75 Å². The Morgan fingerprint density at radius 2 is 1.59 bits per heavy atom. The van der Waals surface area contributed by atoms with Crippen LogP contribution >= 0.6 is 0 Å². The van der Waals surface area contributed by atoms with Gasteiger partial charge in [0.05, 0.1) is 12.1 Å². The molecule has 0 aliphatic carbocycles. The second kappa shape index (κ2) is 8.01. The molecule has 1 aromatic heterocycles. The molecule has 0 saturated carbocycles. The lowest BCUT2D eigenvalue weighted by Gasteiger charge is -2.10. The van der Waals surface area contributed by atoms with E-state index in [-0.39, 0.29) is 0 Å². The number of nitrogens with zero attached hydrogens (tertiary/aromatic N) is 1.